The zero-order valence-electron chi connectivity index (χ0n) is 9.75. The Hall–Kier alpha value is -2.31. The van der Waals surface area contributed by atoms with E-state index in [1.807, 2.05) is 0 Å². The molecule has 0 aliphatic carbocycles. The Bertz CT molecular complexity index is 632. The van der Waals surface area contributed by atoms with E-state index in [-0.39, 0.29) is 11.3 Å². The van der Waals surface area contributed by atoms with Crippen LogP contribution >= 0.6 is 0 Å². The number of halogens is 3. The highest BCUT2D eigenvalue weighted by atomic mass is 19.4. The van der Waals surface area contributed by atoms with Crippen LogP contribution in [-0.4, -0.2) is 21.0 Å². The zero-order chi connectivity index (χ0) is 14.2. The normalized spacial score (nSPS) is 11.6. The van der Waals surface area contributed by atoms with Crippen LogP contribution in [0.4, 0.5) is 13.2 Å². The number of aromatic nitrogens is 2. The Labute approximate surface area is 105 Å². The lowest BCUT2D eigenvalue weighted by Gasteiger charge is -2.04. The Kier molecular flexibility index (Phi) is 3.05. The fraction of sp³-hybridized carbons (Fsp3) is 0.167. The van der Waals surface area contributed by atoms with Crippen molar-refractivity contribution in [1.82, 2.24) is 9.97 Å². The quantitative estimate of drug-likeness (QED) is 0.881. The first-order valence-electron chi connectivity index (χ1n) is 5.25. The van der Waals surface area contributed by atoms with Crippen LogP contribution in [0.2, 0.25) is 0 Å². The molecule has 0 unspecified atom stereocenters. The number of benzene rings is 1. The maximum atomic E-state index is 12.4. The molecule has 0 bridgehead atoms. The summed E-state index contributed by atoms with van der Waals surface area (Å²) < 4.78 is 37.2. The average Bonchev–Trinajstić information content (AvgIpc) is 2.78. The van der Waals surface area contributed by atoms with Gasteiger partial charge in [0.15, 0.2) is 0 Å². The molecule has 2 aromatic rings. The van der Waals surface area contributed by atoms with Crippen molar-refractivity contribution in [2.45, 2.75) is 13.1 Å². The Morgan fingerprint density at radius 2 is 2.05 bits per heavy atom. The monoisotopic (exact) mass is 270 g/mol. The number of rotatable bonds is 2. The number of aromatic carboxylic acids is 1. The van der Waals surface area contributed by atoms with Crippen molar-refractivity contribution in [2.24, 2.45) is 0 Å². The van der Waals surface area contributed by atoms with Gasteiger partial charge in [0.25, 0.3) is 0 Å². The minimum Gasteiger partial charge on any atom is -0.478 e. The molecular weight excluding hydrogens is 261 g/mol. The lowest BCUT2D eigenvalue weighted by atomic mass is 10.0. The topological polar surface area (TPSA) is 66.0 Å². The van der Waals surface area contributed by atoms with Gasteiger partial charge in [-0.3, -0.25) is 0 Å². The highest BCUT2D eigenvalue weighted by Crippen LogP contribution is 2.29. The fourth-order valence-corrected chi connectivity index (χ4v) is 1.63. The van der Waals surface area contributed by atoms with Crippen molar-refractivity contribution in [3.05, 3.63) is 41.3 Å². The van der Waals surface area contributed by atoms with Crippen LogP contribution in [0, 0.1) is 6.92 Å². The number of carboxylic acids is 1. The van der Waals surface area contributed by atoms with E-state index < -0.39 is 18.0 Å². The van der Waals surface area contributed by atoms with Crippen LogP contribution in [0.3, 0.4) is 0 Å². The first-order valence-corrected chi connectivity index (χ1v) is 5.25. The summed E-state index contributed by atoms with van der Waals surface area (Å²) in [7, 11) is 0. The number of aryl methyl sites for hydroxylation is 1. The van der Waals surface area contributed by atoms with Gasteiger partial charge >= 0.3 is 12.1 Å². The molecule has 0 saturated heterocycles. The van der Waals surface area contributed by atoms with Gasteiger partial charge in [-0.2, -0.15) is 13.2 Å². The summed E-state index contributed by atoms with van der Waals surface area (Å²) in [6.07, 6.45) is -3.53. The molecule has 7 heteroatoms. The maximum absolute atomic E-state index is 12.4. The Balaban J connectivity index is 2.45. The molecule has 2 N–H and O–H groups in total. The molecule has 0 aliphatic heterocycles. The average molecular weight is 270 g/mol. The standard InChI is InChI=1S/C12H9F3N2O2/c1-6-2-3-7(4-8(6)10(18)19)9-5-16-11(17-9)12(13,14)15/h2-5H,1H3,(H,16,17)(H,18,19). The van der Waals surface area contributed by atoms with Crippen LogP contribution in [-0.2, 0) is 6.18 Å². The van der Waals surface area contributed by atoms with Crippen LogP contribution in [0.5, 0.6) is 0 Å². The summed E-state index contributed by atoms with van der Waals surface area (Å²) in [5, 5.41) is 8.97. The zero-order valence-corrected chi connectivity index (χ0v) is 9.75. The van der Waals surface area contributed by atoms with Gasteiger partial charge in [-0.15, -0.1) is 0 Å². The molecule has 4 nitrogen and oxygen atoms in total. The fourth-order valence-electron chi connectivity index (χ4n) is 1.63. The molecule has 100 valence electrons. The van der Waals surface area contributed by atoms with Crippen molar-refractivity contribution in [3.8, 4) is 11.3 Å². The molecule has 0 fully saturated rings. The van der Waals surface area contributed by atoms with Gasteiger partial charge in [-0.1, -0.05) is 12.1 Å². The minimum atomic E-state index is -4.56. The lowest BCUT2D eigenvalue weighted by molar-refractivity contribution is -0.144. The number of hydrogen-bond donors (Lipinski definition) is 2. The molecule has 0 atom stereocenters. The number of nitrogens with one attached hydrogen (secondary N) is 1. The molecule has 1 aromatic carbocycles. The van der Waals surface area contributed by atoms with Gasteiger partial charge in [0.1, 0.15) is 0 Å². The van der Waals surface area contributed by atoms with Gasteiger partial charge in [0.2, 0.25) is 5.82 Å². The van der Waals surface area contributed by atoms with Crippen molar-refractivity contribution in [3.63, 3.8) is 0 Å². The van der Waals surface area contributed by atoms with Gasteiger partial charge in [0.05, 0.1) is 17.5 Å². The van der Waals surface area contributed by atoms with E-state index in [9.17, 15) is 18.0 Å². The molecule has 1 heterocycles. The summed E-state index contributed by atoms with van der Waals surface area (Å²) in [6, 6.07) is 4.38. The maximum Gasteiger partial charge on any atom is 0.449 e. The molecule has 0 saturated carbocycles. The molecule has 0 amide bonds. The first-order chi connectivity index (χ1) is 8.79. The third kappa shape index (κ3) is 2.59. The number of imidazole rings is 1. The van der Waals surface area contributed by atoms with E-state index >= 15 is 0 Å². The summed E-state index contributed by atoms with van der Waals surface area (Å²) in [5.74, 6) is -2.24. The molecular formula is C12H9F3N2O2. The summed E-state index contributed by atoms with van der Waals surface area (Å²) in [4.78, 5) is 16.3. The molecule has 0 aliphatic rings. The molecule has 0 spiro atoms. The molecule has 1 aromatic heterocycles. The van der Waals surface area contributed by atoms with Crippen molar-refractivity contribution in [2.75, 3.05) is 0 Å². The van der Waals surface area contributed by atoms with E-state index in [4.69, 9.17) is 5.11 Å². The highest BCUT2D eigenvalue weighted by molar-refractivity contribution is 5.90. The van der Waals surface area contributed by atoms with E-state index in [1.165, 1.54) is 18.2 Å². The molecule has 2 rings (SSSR count). The predicted octanol–water partition coefficient (Wildman–Crippen LogP) is 3.10. The minimum absolute atomic E-state index is 0.0423. The summed E-state index contributed by atoms with van der Waals surface area (Å²) in [5.41, 5.74) is 1.04. The van der Waals surface area contributed by atoms with Crippen LogP contribution < -0.4 is 0 Å². The number of nitrogens with zero attached hydrogens (tertiary/aromatic N) is 1. The van der Waals surface area contributed by atoms with E-state index in [1.54, 1.807) is 6.92 Å². The third-order valence-electron chi connectivity index (χ3n) is 2.62. The van der Waals surface area contributed by atoms with Gasteiger partial charge in [0, 0.05) is 5.56 Å². The highest BCUT2D eigenvalue weighted by Gasteiger charge is 2.34. The molecule has 19 heavy (non-hydrogen) atoms. The Morgan fingerprint density at radius 3 is 2.58 bits per heavy atom. The SMILES string of the molecule is Cc1ccc(-c2cnc(C(F)(F)F)[nH]2)cc1C(=O)O. The number of H-pyrrole nitrogens is 1. The van der Waals surface area contributed by atoms with E-state index in [0.29, 0.717) is 11.1 Å². The lowest BCUT2D eigenvalue weighted by Crippen LogP contribution is -2.07. The smallest absolute Gasteiger partial charge is 0.449 e. The third-order valence-corrected chi connectivity index (χ3v) is 2.62. The number of alkyl halides is 3. The largest absolute Gasteiger partial charge is 0.478 e. The van der Waals surface area contributed by atoms with Gasteiger partial charge < -0.3 is 10.1 Å². The second kappa shape index (κ2) is 4.42. The summed E-state index contributed by atoms with van der Waals surface area (Å²) >= 11 is 0. The molecule has 0 radical (unpaired) electrons. The number of aromatic amines is 1. The van der Waals surface area contributed by atoms with Crippen LogP contribution in [0.25, 0.3) is 11.3 Å². The second-order valence-electron chi connectivity index (χ2n) is 3.98. The van der Waals surface area contributed by atoms with Crippen molar-refractivity contribution in [1.29, 1.82) is 0 Å². The number of carbonyl (C=O) groups is 1. The number of carboxylic acid groups (broad SMARTS) is 1. The van der Waals surface area contributed by atoms with Crippen molar-refractivity contribution < 1.29 is 23.1 Å². The van der Waals surface area contributed by atoms with Gasteiger partial charge in [-0.05, 0) is 18.6 Å². The Morgan fingerprint density at radius 1 is 1.37 bits per heavy atom. The second-order valence-corrected chi connectivity index (χ2v) is 3.98. The number of hydrogen-bond acceptors (Lipinski definition) is 2. The predicted molar refractivity (Wildman–Crippen MR) is 60.7 cm³/mol. The van der Waals surface area contributed by atoms with Crippen LogP contribution in [0.15, 0.2) is 24.4 Å². The van der Waals surface area contributed by atoms with E-state index in [0.717, 1.165) is 6.20 Å². The first kappa shape index (κ1) is 13.1. The van der Waals surface area contributed by atoms with Crippen LogP contribution in [0.1, 0.15) is 21.7 Å². The summed E-state index contributed by atoms with van der Waals surface area (Å²) in [6.45, 7) is 1.61. The van der Waals surface area contributed by atoms with Gasteiger partial charge in [-0.25, -0.2) is 9.78 Å². The van der Waals surface area contributed by atoms with Crippen molar-refractivity contribution >= 4 is 5.97 Å². The van der Waals surface area contributed by atoms with E-state index in [2.05, 4.69) is 9.97 Å².